The molecule has 3 fully saturated rings. The second kappa shape index (κ2) is 8.36. The molecule has 4 nitrogen and oxygen atoms in total. The summed E-state index contributed by atoms with van der Waals surface area (Å²) in [4.78, 5) is 13.2. The van der Waals surface area contributed by atoms with Gasteiger partial charge in [-0.15, -0.1) is 0 Å². The van der Waals surface area contributed by atoms with E-state index in [0.29, 0.717) is 13.2 Å². The van der Waals surface area contributed by atoms with Gasteiger partial charge in [-0.3, -0.25) is 4.79 Å². The molecule has 2 N–H and O–H groups in total. The van der Waals surface area contributed by atoms with E-state index in [1.165, 1.54) is 12.1 Å². The van der Waals surface area contributed by atoms with Crippen LogP contribution in [0, 0.1) is 23.0 Å². The molecule has 2 saturated carbocycles. The lowest BCUT2D eigenvalue weighted by Gasteiger charge is -2.41. The van der Waals surface area contributed by atoms with Gasteiger partial charge in [-0.05, 0) is 56.6 Å². The van der Waals surface area contributed by atoms with Crippen LogP contribution in [0.5, 0.6) is 0 Å². The molecule has 2 aliphatic carbocycles. The molecule has 0 radical (unpaired) electrons. The summed E-state index contributed by atoms with van der Waals surface area (Å²) >= 11 is 5.97. The summed E-state index contributed by atoms with van der Waals surface area (Å²) in [6.07, 6.45) is 6.02. The Morgan fingerprint density at radius 1 is 1.20 bits per heavy atom. The zero-order valence-corrected chi connectivity index (χ0v) is 18.5. The fourth-order valence-electron chi connectivity index (χ4n) is 5.47. The van der Waals surface area contributed by atoms with Crippen molar-refractivity contribution in [2.75, 3.05) is 13.2 Å². The number of carbonyl (C=O) groups excluding carboxylic acids is 1. The molecule has 3 unspecified atom stereocenters. The molecule has 1 aliphatic heterocycles. The lowest BCUT2D eigenvalue weighted by Crippen LogP contribution is -2.60. The summed E-state index contributed by atoms with van der Waals surface area (Å²) in [7, 11) is 0. The Morgan fingerprint density at radius 3 is 2.53 bits per heavy atom. The van der Waals surface area contributed by atoms with E-state index in [1.807, 2.05) is 6.92 Å². The van der Waals surface area contributed by atoms with Crippen molar-refractivity contribution >= 4 is 17.5 Å². The molecule has 3 aliphatic rings. The van der Waals surface area contributed by atoms with Crippen molar-refractivity contribution in [3.63, 3.8) is 0 Å². The molecule has 166 valence electrons. The largest absolute Gasteiger partial charge is 0.377 e. The molecule has 4 rings (SSSR count). The van der Waals surface area contributed by atoms with Gasteiger partial charge in [-0.25, -0.2) is 8.78 Å². The van der Waals surface area contributed by atoms with Crippen LogP contribution in [0.4, 0.5) is 8.78 Å². The van der Waals surface area contributed by atoms with Crippen LogP contribution < -0.4 is 10.6 Å². The van der Waals surface area contributed by atoms with Gasteiger partial charge < -0.3 is 15.4 Å². The molecule has 3 atom stereocenters. The average molecular weight is 441 g/mol. The number of hydrogen-bond acceptors (Lipinski definition) is 3. The van der Waals surface area contributed by atoms with Crippen molar-refractivity contribution in [1.29, 1.82) is 0 Å². The zero-order chi connectivity index (χ0) is 21.5. The number of hydrogen-bond donors (Lipinski definition) is 2. The number of nitrogens with one attached hydrogen (secondary N) is 2. The number of amides is 1. The Bertz CT molecular complexity index is 809. The van der Waals surface area contributed by atoms with E-state index in [-0.39, 0.29) is 34.0 Å². The van der Waals surface area contributed by atoms with Gasteiger partial charge in [0, 0.05) is 17.5 Å². The van der Waals surface area contributed by atoms with Gasteiger partial charge in [-0.1, -0.05) is 31.4 Å². The van der Waals surface area contributed by atoms with Crippen LogP contribution in [0.2, 0.25) is 5.02 Å². The van der Waals surface area contributed by atoms with Crippen LogP contribution in [0.1, 0.15) is 70.4 Å². The number of rotatable bonds is 6. The fraction of sp³-hybridized carbons (Fsp3) is 0.696. The molecule has 1 aromatic carbocycles. The first-order valence-electron chi connectivity index (χ1n) is 11.0. The van der Waals surface area contributed by atoms with E-state index in [0.717, 1.165) is 44.9 Å². The van der Waals surface area contributed by atoms with Gasteiger partial charge in [-0.2, -0.15) is 0 Å². The predicted molar refractivity (Wildman–Crippen MR) is 112 cm³/mol. The van der Waals surface area contributed by atoms with Gasteiger partial charge in [0.2, 0.25) is 5.91 Å². The topological polar surface area (TPSA) is 50.4 Å². The molecule has 0 spiro atoms. The van der Waals surface area contributed by atoms with Gasteiger partial charge >= 0.3 is 0 Å². The third-order valence-corrected chi connectivity index (χ3v) is 7.59. The highest BCUT2D eigenvalue weighted by molar-refractivity contribution is 6.30. The van der Waals surface area contributed by atoms with Crippen LogP contribution >= 0.6 is 11.6 Å². The number of carbonyl (C=O) groups is 1. The van der Waals surface area contributed by atoms with Crippen LogP contribution in [-0.2, 0) is 9.53 Å². The van der Waals surface area contributed by atoms with Crippen LogP contribution in [-0.4, -0.2) is 30.7 Å². The second-order valence-corrected chi connectivity index (χ2v) is 10.4. The van der Waals surface area contributed by atoms with Gasteiger partial charge in [0.1, 0.15) is 11.6 Å². The molecule has 1 aromatic rings. The SMILES string of the molecule is CC1(NC2CCC(C(=O)NC(c3c(F)ccc(Cl)c3F)C3(C)CCCC3)C2)COC1. The summed E-state index contributed by atoms with van der Waals surface area (Å²) in [6.45, 7) is 5.52. The minimum Gasteiger partial charge on any atom is -0.377 e. The van der Waals surface area contributed by atoms with E-state index < -0.39 is 23.1 Å². The number of ether oxygens (including phenoxy) is 1. The molecule has 1 saturated heterocycles. The highest BCUT2D eigenvalue weighted by atomic mass is 35.5. The lowest BCUT2D eigenvalue weighted by atomic mass is 9.76. The monoisotopic (exact) mass is 440 g/mol. The first kappa shape index (κ1) is 22.0. The zero-order valence-electron chi connectivity index (χ0n) is 17.7. The fourth-order valence-corrected chi connectivity index (χ4v) is 5.63. The quantitative estimate of drug-likeness (QED) is 0.618. The van der Waals surface area contributed by atoms with E-state index in [9.17, 15) is 13.6 Å². The van der Waals surface area contributed by atoms with E-state index in [2.05, 4.69) is 17.6 Å². The van der Waals surface area contributed by atoms with Crippen molar-refractivity contribution in [3.8, 4) is 0 Å². The van der Waals surface area contributed by atoms with Gasteiger partial charge in [0.15, 0.2) is 0 Å². The minimum atomic E-state index is -0.765. The van der Waals surface area contributed by atoms with Gasteiger partial charge in [0.05, 0.1) is 29.8 Å². The number of benzene rings is 1. The summed E-state index contributed by atoms with van der Waals surface area (Å²) < 4.78 is 35.0. The lowest BCUT2D eigenvalue weighted by molar-refractivity contribution is -0.126. The smallest absolute Gasteiger partial charge is 0.223 e. The third kappa shape index (κ3) is 4.23. The van der Waals surface area contributed by atoms with E-state index in [1.54, 1.807) is 0 Å². The van der Waals surface area contributed by atoms with Crippen LogP contribution in [0.25, 0.3) is 0 Å². The maximum absolute atomic E-state index is 14.9. The Hall–Kier alpha value is -1.24. The maximum Gasteiger partial charge on any atom is 0.223 e. The van der Waals surface area contributed by atoms with Crippen molar-refractivity contribution in [1.82, 2.24) is 10.6 Å². The van der Waals surface area contributed by atoms with Crippen LogP contribution in [0.3, 0.4) is 0 Å². The van der Waals surface area contributed by atoms with Crippen molar-refractivity contribution in [2.24, 2.45) is 11.3 Å². The summed E-state index contributed by atoms with van der Waals surface area (Å²) in [5, 5.41) is 6.54. The van der Waals surface area contributed by atoms with E-state index >= 15 is 0 Å². The Balaban J connectivity index is 1.51. The summed E-state index contributed by atoms with van der Waals surface area (Å²) in [5.74, 6) is -1.70. The highest BCUT2D eigenvalue weighted by Gasteiger charge is 2.44. The van der Waals surface area contributed by atoms with E-state index in [4.69, 9.17) is 16.3 Å². The standard InChI is InChI=1S/C23H31ClF2N2O2/c1-22(9-3-4-10-22)20(18-17(25)8-7-16(24)19(18)26)27-21(29)14-5-6-15(11-14)28-23(2)12-30-13-23/h7-8,14-15,20,28H,3-6,9-13H2,1-2H3,(H,27,29). The van der Waals surface area contributed by atoms with Gasteiger partial charge in [0.25, 0.3) is 0 Å². The predicted octanol–water partition coefficient (Wildman–Crippen LogP) is 4.90. The molecule has 0 aromatic heterocycles. The first-order valence-corrected chi connectivity index (χ1v) is 11.4. The van der Waals surface area contributed by atoms with Crippen LogP contribution in [0.15, 0.2) is 12.1 Å². The minimum absolute atomic E-state index is 0.0110. The number of halogens is 3. The normalized spacial score (nSPS) is 28.2. The maximum atomic E-state index is 14.9. The van der Waals surface area contributed by atoms with Crippen molar-refractivity contribution < 1.29 is 18.3 Å². The Morgan fingerprint density at radius 2 is 1.90 bits per heavy atom. The second-order valence-electron chi connectivity index (χ2n) is 9.96. The Kier molecular flexibility index (Phi) is 6.12. The van der Waals surface area contributed by atoms with Crippen molar-refractivity contribution in [3.05, 3.63) is 34.4 Å². The molecular weight excluding hydrogens is 410 g/mol. The molecule has 7 heteroatoms. The molecular formula is C23H31ClF2N2O2. The first-order chi connectivity index (χ1) is 14.2. The molecule has 1 heterocycles. The van der Waals surface area contributed by atoms with Crippen molar-refractivity contribution in [2.45, 2.75) is 76.4 Å². The Labute approximate surface area is 182 Å². The third-order valence-electron chi connectivity index (χ3n) is 7.29. The molecule has 30 heavy (non-hydrogen) atoms. The summed E-state index contributed by atoms with van der Waals surface area (Å²) in [6, 6.07) is 1.95. The molecule has 0 bridgehead atoms. The summed E-state index contributed by atoms with van der Waals surface area (Å²) in [5.41, 5.74) is -0.509. The molecule has 1 amide bonds. The highest BCUT2D eigenvalue weighted by Crippen LogP contribution is 2.49. The average Bonchev–Trinajstić information content (AvgIpc) is 3.33.